The molecule has 0 aromatic carbocycles. The van der Waals surface area contributed by atoms with Crippen molar-refractivity contribution in [2.45, 2.75) is 19.8 Å². The van der Waals surface area contributed by atoms with Gasteiger partial charge in [0.15, 0.2) is 5.82 Å². The third kappa shape index (κ3) is 1.73. The van der Waals surface area contributed by atoms with E-state index < -0.39 is 0 Å². The molecule has 6 nitrogen and oxygen atoms in total. The van der Waals surface area contributed by atoms with Crippen LogP contribution >= 0.6 is 0 Å². The number of anilines is 1. The lowest BCUT2D eigenvalue weighted by Gasteiger charge is -2.30. The van der Waals surface area contributed by atoms with Gasteiger partial charge in [-0.3, -0.25) is 4.40 Å². The molecule has 0 radical (unpaired) electrons. The molecule has 0 unspecified atom stereocenters. The SMILES string of the molecule is Cc1nnc2c(N3CCC(C=O)CC3)nccn12. The molecule has 0 spiro atoms. The zero-order chi connectivity index (χ0) is 12.5. The second-order valence-corrected chi connectivity index (χ2v) is 4.65. The van der Waals surface area contributed by atoms with Crippen molar-refractivity contribution in [3.63, 3.8) is 0 Å². The molecule has 1 aliphatic rings. The van der Waals surface area contributed by atoms with Crippen molar-refractivity contribution >= 4 is 17.8 Å². The number of aldehydes is 1. The first-order valence-corrected chi connectivity index (χ1v) is 6.16. The first kappa shape index (κ1) is 11.1. The summed E-state index contributed by atoms with van der Waals surface area (Å²) >= 11 is 0. The molecule has 0 atom stereocenters. The summed E-state index contributed by atoms with van der Waals surface area (Å²) in [6, 6.07) is 0. The Balaban J connectivity index is 1.93. The average molecular weight is 245 g/mol. The van der Waals surface area contributed by atoms with E-state index in [9.17, 15) is 4.79 Å². The summed E-state index contributed by atoms with van der Waals surface area (Å²) in [6.45, 7) is 3.62. The first-order chi connectivity index (χ1) is 8.79. The van der Waals surface area contributed by atoms with E-state index in [1.165, 1.54) is 0 Å². The van der Waals surface area contributed by atoms with E-state index >= 15 is 0 Å². The maximum atomic E-state index is 10.8. The van der Waals surface area contributed by atoms with Gasteiger partial charge in [0.1, 0.15) is 12.1 Å². The van der Waals surface area contributed by atoms with Crippen molar-refractivity contribution < 1.29 is 4.79 Å². The Kier molecular flexibility index (Phi) is 2.70. The molecule has 2 aromatic rings. The Bertz CT molecular complexity index is 571. The molecule has 18 heavy (non-hydrogen) atoms. The van der Waals surface area contributed by atoms with E-state index in [1.54, 1.807) is 6.20 Å². The van der Waals surface area contributed by atoms with Gasteiger partial charge in [0.2, 0.25) is 5.65 Å². The fourth-order valence-corrected chi connectivity index (χ4v) is 2.40. The predicted molar refractivity (Wildman–Crippen MR) is 66.5 cm³/mol. The minimum absolute atomic E-state index is 0.195. The van der Waals surface area contributed by atoms with Gasteiger partial charge in [-0.05, 0) is 19.8 Å². The van der Waals surface area contributed by atoms with Crippen LogP contribution in [0.5, 0.6) is 0 Å². The molecule has 1 saturated heterocycles. The number of aromatic nitrogens is 4. The van der Waals surface area contributed by atoms with Gasteiger partial charge in [0, 0.05) is 31.4 Å². The third-order valence-corrected chi connectivity index (χ3v) is 3.51. The van der Waals surface area contributed by atoms with Gasteiger partial charge in [-0.1, -0.05) is 0 Å². The van der Waals surface area contributed by atoms with Crippen molar-refractivity contribution in [3.05, 3.63) is 18.2 Å². The molecular formula is C12H15N5O. The van der Waals surface area contributed by atoms with Crippen LogP contribution < -0.4 is 4.90 Å². The Morgan fingerprint density at radius 1 is 1.33 bits per heavy atom. The zero-order valence-electron chi connectivity index (χ0n) is 10.3. The minimum Gasteiger partial charge on any atom is -0.353 e. The molecule has 1 aliphatic heterocycles. The molecule has 3 heterocycles. The Hall–Kier alpha value is -1.98. The smallest absolute Gasteiger partial charge is 0.203 e. The number of fused-ring (bicyclic) bond motifs is 1. The van der Waals surface area contributed by atoms with Gasteiger partial charge in [0.25, 0.3) is 0 Å². The Morgan fingerprint density at radius 2 is 2.11 bits per heavy atom. The highest BCUT2D eigenvalue weighted by molar-refractivity contribution is 5.64. The largest absolute Gasteiger partial charge is 0.353 e. The summed E-state index contributed by atoms with van der Waals surface area (Å²) in [5.41, 5.74) is 0.791. The summed E-state index contributed by atoms with van der Waals surface area (Å²) in [5, 5.41) is 8.24. The lowest BCUT2D eigenvalue weighted by atomic mass is 9.99. The number of carbonyl (C=O) groups excluding carboxylic acids is 1. The molecular weight excluding hydrogens is 230 g/mol. The number of aryl methyl sites for hydroxylation is 1. The van der Waals surface area contributed by atoms with Crippen LogP contribution in [0.2, 0.25) is 0 Å². The zero-order valence-corrected chi connectivity index (χ0v) is 10.3. The second-order valence-electron chi connectivity index (χ2n) is 4.65. The summed E-state index contributed by atoms with van der Waals surface area (Å²) in [5.74, 6) is 1.92. The molecule has 94 valence electrons. The van der Waals surface area contributed by atoms with E-state index in [1.807, 2.05) is 17.5 Å². The van der Waals surface area contributed by atoms with Crippen molar-refractivity contribution in [1.82, 2.24) is 19.6 Å². The van der Waals surface area contributed by atoms with E-state index in [2.05, 4.69) is 20.1 Å². The van der Waals surface area contributed by atoms with Crippen LogP contribution in [0.4, 0.5) is 5.82 Å². The summed E-state index contributed by atoms with van der Waals surface area (Å²) in [6.07, 6.45) is 6.47. The minimum atomic E-state index is 0.195. The summed E-state index contributed by atoms with van der Waals surface area (Å²) < 4.78 is 1.94. The predicted octanol–water partition coefficient (Wildman–Crippen LogP) is 0.848. The quantitative estimate of drug-likeness (QED) is 0.734. The van der Waals surface area contributed by atoms with E-state index in [-0.39, 0.29) is 5.92 Å². The van der Waals surface area contributed by atoms with Crippen molar-refractivity contribution in [1.29, 1.82) is 0 Å². The van der Waals surface area contributed by atoms with E-state index in [0.29, 0.717) is 0 Å². The average Bonchev–Trinajstić information content (AvgIpc) is 2.81. The van der Waals surface area contributed by atoms with Crippen LogP contribution in [0.15, 0.2) is 12.4 Å². The number of carbonyl (C=O) groups is 1. The third-order valence-electron chi connectivity index (χ3n) is 3.51. The molecule has 2 aromatic heterocycles. The highest BCUT2D eigenvalue weighted by atomic mass is 16.1. The monoisotopic (exact) mass is 245 g/mol. The van der Waals surface area contributed by atoms with E-state index in [4.69, 9.17) is 0 Å². The van der Waals surface area contributed by atoms with Crippen LogP contribution in [0.1, 0.15) is 18.7 Å². The van der Waals surface area contributed by atoms with Crippen LogP contribution in [-0.4, -0.2) is 39.0 Å². The van der Waals surface area contributed by atoms with Gasteiger partial charge in [0.05, 0.1) is 0 Å². The van der Waals surface area contributed by atoms with Crippen molar-refractivity contribution in [3.8, 4) is 0 Å². The molecule has 0 aliphatic carbocycles. The molecule has 0 bridgehead atoms. The number of hydrogen-bond acceptors (Lipinski definition) is 5. The number of rotatable bonds is 2. The summed E-state index contributed by atoms with van der Waals surface area (Å²) in [7, 11) is 0. The van der Waals surface area contributed by atoms with Gasteiger partial charge in [-0.15, -0.1) is 10.2 Å². The number of nitrogens with zero attached hydrogens (tertiary/aromatic N) is 5. The number of hydrogen-bond donors (Lipinski definition) is 0. The lowest BCUT2D eigenvalue weighted by molar-refractivity contribution is -0.111. The Labute approximate surface area is 105 Å². The Morgan fingerprint density at radius 3 is 2.83 bits per heavy atom. The van der Waals surface area contributed by atoms with Gasteiger partial charge in [-0.2, -0.15) is 0 Å². The standard InChI is InChI=1S/C12H15N5O/c1-9-14-15-12-11(13-4-7-17(9)12)16-5-2-10(8-18)3-6-16/h4,7-8,10H,2-3,5-6H2,1H3. The highest BCUT2D eigenvalue weighted by Gasteiger charge is 2.22. The molecule has 6 heteroatoms. The van der Waals surface area contributed by atoms with Crippen LogP contribution in [-0.2, 0) is 4.79 Å². The second kappa shape index (κ2) is 4.36. The lowest BCUT2D eigenvalue weighted by Crippen LogP contribution is -2.35. The summed E-state index contributed by atoms with van der Waals surface area (Å²) in [4.78, 5) is 17.4. The van der Waals surface area contributed by atoms with Crippen LogP contribution in [0.25, 0.3) is 5.65 Å². The highest BCUT2D eigenvalue weighted by Crippen LogP contribution is 2.23. The molecule has 3 rings (SSSR count). The van der Waals surface area contributed by atoms with Crippen molar-refractivity contribution in [2.75, 3.05) is 18.0 Å². The van der Waals surface area contributed by atoms with E-state index in [0.717, 1.165) is 49.5 Å². The van der Waals surface area contributed by atoms with Gasteiger partial charge >= 0.3 is 0 Å². The number of piperidine rings is 1. The molecule has 0 amide bonds. The maximum Gasteiger partial charge on any atom is 0.203 e. The topological polar surface area (TPSA) is 63.4 Å². The van der Waals surface area contributed by atoms with Crippen LogP contribution in [0, 0.1) is 12.8 Å². The first-order valence-electron chi connectivity index (χ1n) is 6.16. The van der Waals surface area contributed by atoms with Crippen LogP contribution in [0.3, 0.4) is 0 Å². The molecule has 0 N–H and O–H groups in total. The van der Waals surface area contributed by atoms with Gasteiger partial charge < -0.3 is 9.69 Å². The maximum absolute atomic E-state index is 10.8. The van der Waals surface area contributed by atoms with Crippen molar-refractivity contribution in [2.24, 2.45) is 5.92 Å². The normalized spacial score (nSPS) is 17.3. The fourth-order valence-electron chi connectivity index (χ4n) is 2.40. The van der Waals surface area contributed by atoms with Gasteiger partial charge in [-0.25, -0.2) is 4.98 Å². The fraction of sp³-hybridized carbons (Fsp3) is 0.500. The molecule has 0 saturated carbocycles. The molecule has 1 fully saturated rings.